The number of benzene rings is 2. The highest BCUT2D eigenvalue weighted by atomic mass is 35.5. The Hall–Kier alpha value is -2.08. The van der Waals surface area contributed by atoms with E-state index in [9.17, 15) is 0 Å². The summed E-state index contributed by atoms with van der Waals surface area (Å²) in [6.07, 6.45) is 0. The van der Waals surface area contributed by atoms with Gasteiger partial charge in [-0.1, -0.05) is 48.0 Å². The van der Waals surface area contributed by atoms with E-state index in [1.807, 2.05) is 18.2 Å². The molecule has 3 rings (SSSR count). The van der Waals surface area contributed by atoms with E-state index in [0.717, 1.165) is 55.9 Å². The van der Waals surface area contributed by atoms with Crippen molar-refractivity contribution in [3.05, 3.63) is 70.2 Å². The zero-order valence-electron chi connectivity index (χ0n) is 16.5. The molecule has 0 radical (unpaired) electrons. The fraction of sp³-hybridized carbons (Fsp3) is 0.409. The number of halogens is 1. The Kier molecular flexibility index (Phi) is 8.15. The van der Waals surface area contributed by atoms with E-state index in [1.165, 1.54) is 11.1 Å². The number of aliphatic imine (C=N–C) groups is 1. The number of ether oxygens (including phenoxy) is 1. The van der Waals surface area contributed by atoms with Crippen LogP contribution in [0.15, 0.2) is 53.5 Å². The molecule has 0 spiro atoms. The second-order valence-corrected chi connectivity index (χ2v) is 7.32. The molecule has 0 atom stereocenters. The van der Waals surface area contributed by atoms with Crippen molar-refractivity contribution in [2.75, 3.05) is 32.8 Å². The Morgan fingerprint density at radius 1 is 1.04 bits per heavy atom. The minimum absolute atomic E-state index is 0.641. The molecule has 1 aliphatic rings. The first kappa shape index (κ1) is 20.6. The lowest BCUT2D eigenvalue weighted by Crippen LogP contribution is -2.36. The Morgan fingerprint density at radius 2 is 1.79 bits per heavy atom. The van der Waals surface area contributed by atoms with Gasteiger partial charge in [-0.2, -0.15) is 0 Å². The number of morpholine rings is 1. The van der Waals surface area contributed by atoms with Gasteiger partial charge in [0, 0.05) is 37.7 Å². The third-order valence-corrected chi connectivity index (χ3v) is 4.85. The summed E-state index contributed by atoms with van der Waals surface area (Å²) in [6, 6.07) is 16.5. The third-order valence-electron chi connectivity index (χ3n) is 4.61. The molecule has 5 nitrogen and oxygen atoms in total. The highest BCUT2D eigenvalue weighted by Crippen LogP contribution is 2.12. The number of hydrogen-bond acceptors (Lipinski definition) is 3. The van der Waals surface area contributed by atoms with Crippen LogP contribution in [0.3, 0.4) is 0 Å². The molecule has 1 heterocycles. The van der Waals surface area contributed by atoms with Crippen molar-refractivity contribution >= 4 is 17.6 Å². The van der Waals surface area contributed by atoms with Gasteiger partial charge in [-0.25, -0.2) is 4.99 Å². The second-order valence-electron chi connectivity index (χ2n) is 6.89. The lowest BCUT2D eigenvalue weighted by Gasteiger charge is -2.26. The van der Waals surface area contributed by atoms with Crippen LogP contribution < -0.4 is 10.6 Å². The quantitative estimate of drug-likeness (QED) is 0.552. The number of hydrogen-bond donors (Lipinski definition) is 2. The molecule has 150 valence electrons. The molecule has 6 heteroatoms. The van der Waals surface area contributed by atoms with Crippen LogP contribution in [0.1, 0.15) is 23.6 Å². The summed E-state index contributed by atoms with van der Waals surface area (Å²) in [4.78, 5) is 7.17. The van der Waals surface area contributed by atoms with Gasteiger partial charge < -0.3 is 15.4 Å². The number of guanidine groups is 1. The van der Waals surface area contributed by atoms with E-state index in [-0.39, 0.29) is 0 Å². The molecule has 28 heavy (non-hydrogen) atoms. The van der Waals surface area contributed by atoms with E-state index in [4.69, 9.17) is 21.3 Å². The van der Waals surface area contributed by atoms with Gasteiger partial charge in [-0.3, -0.25) is 4.90 Å². The molecule has 0 aliphatic carbocycles. The Bertz CT molecular complexity index is 775. The standard InChI is InChI=1S/C22H29ClN4O/c1-2-24-22(26-16-19-6-4-8-21(23)14-19)25-15-18-5-3-7-20(13-18)17-27-9-11-28-12-10-27/h3-8,13-14H,2,9-12,15-17H2,1H3,(H2,24,25,26). The molecule has 1 saturated heterocycles. The fourth-order valence-electron chi connectivity index (χ4n) is 3.19. The van der Waals surface area contributed by atoms with Crippen molar-refractivity contribution in [2.45, 2.75) is 26.6 Å². The van der Waals surface area contributed by atoms with Gasteiger partial charge in [0.25, 0.3) is 0 Å². The molecule has 1 aliphatic heterocycles. The average Bonchev–Trinajstić information content (AvgIpc) is 2.71. The van der Waals surface area contributed by atoms with Crippen molar-refractivity contribution in [1.82, 2.24) is 15.5 Å². The van der Waals surface area contributed by atoms with Gasteiger partial charge in [0.05, 0.1) is 19.8 Å². The SMILES string of the molecule is CCNC(=NCc1cccc(CN2CCOCC2)c1)NCc1cccc(Cl)c1. The summed E-state index contributed by atoms with van der Waals surface area (Å²) in [5.74, 6) is 0.807. The van der Waals surface area contributed by atoms with E-state index in [0.29, 0.717) is 13.1 Å². The molecule has 2 N–H and O–H groups in total. The first-order valence-electron chi connectivity index (χ1n) is 9.87. The highest BCUT2D eigenvalue weighted by Gasteiger charge is 2.10. The fourth-order valence-corrected chi connectivity index (χ4v) is 3.40. The summed E-state index contributed by atoms with van der Waals surface area (Å²) in [5.41, 5.74) is 3.67. The maximum atomic E-state index is 6.06. The van der Waals surface area contributed by atoms with E-state index in [2.05, 4.69) is 52.8 Å². The summed E-state index contributed by atoms with van der Waals surface area (Å²) < 4.78 is 5.43. The summed E-state index contributed by atoms with van der Waals surface area (Å²) in [5, 5.41) is 7.42. The van der Waals surface area contributed by atoms with Crippen molar-refractivity contribution in [3.63, 3.8) is 0 Å². The summed E-state index contributed by atoms with van der Waals surface area (Å²) in [7, 11) is 0. The topological polar surface area (TPSA) is 48.9 Å². The maximum Gasteiger partial charge on any atom is 0.191 e. The smallest absolute Gasteiger partial charge is 0.191 e. The van der Waals surface area contributed by atoms with Crippen LogP contribution in [0.4, 0.5) is 0 Å². The molecule has 0 unspecified atom stereocenters. The first-order valence-corrected chi connectivity index (χ1v) is 10.3. The maximum absolute atomic E-state index is 6.06. The molecule has 0 aromatic heterocycles. The van der Waals surface area contributed by atoms with Gasteiger partial charge in [-0.15, -0.1) is 0 Å². The molecule has 2 aromatic carbocycles. The van der Waals surface area contributed by atoms with Crippen LogP contribution >= 0.6 is 11.6 Å². The van der Waals surface area contributed by atoms with Crippen LogP contribution in [0, 0.1) is 0 Å². The Balaban J connectivity index is 1.58. The van der Waals surface area contributed by atoms with E-state index in [1.54, 1.807) is 0 Å². The van der Waals surface area contributed by atoms with Gasteiger partial charge in [0.1, 0.15) is 0 Å². The van der Waals surface area contributed by atoms with Crippen LogP contribution in [0.25, 0.3) is 0 Å². The third kappa shape index (κ3) is 6.82. The lowest BCUT2D eigenvalue weighted by atomic mass is 10.1. The average molecular weight is 401 g/mol. The molecule has 0 saturated carbocycles. The second kappa shape index (κ2) is 11.1. The number of nitrogens with zero attached hydrogens (tertiary/aromatic N) is 2. The molecule has 0 bridgehead atoms. The van der Waals surface area contributed by atoms with Crippen molar-refractivity contribution in [3.8, 4) is 0 Å². The van der Waals surface area contributed by atoms with Gasteiger partial charge in [0.2, 0.25) is 0 Å². The van der Waals surface area contributed by atoms with Crippen molar-refractivity contribution in [2.24, 2.45) is 4.99 Å². The minimum Gasteiger partial charge on any atom is -0.379 e. The molecule has 2 aromatic rings. The van der Waals surface area contributed by atoms with Crippen LogP contribution in [0.2, 0.25) is 5.02 Å². The normalized spacial score (nSPS) is 15.4. The van der Waals surface area contributed by atoms with Crippen LogP contribution in [0.5, 0.6) is 0 Å². The molecule has 0 amide bonds. The predicted molar refractivity (Wildman–Crippen MR) is 116 cm³/mol. The minimum atomic E-state index is 0.641. The van der Waals surface area contributed by atoms with Gasteiger partial charge in [-0.05, 0) is 35.7 Å². The van der Waals surface area contributed by atoms with E-state index < -0.39 is 0 Å². The highest BCUT2D eigenvalue weighted by molar-refractivity contribution is 6.30. The summed E-state index contributed by atoms with van der Waals surface area (Å²) >= 11 is 6.06. The number of rotatable bonds is 7. The van der Waals surface area contributed by atoms with Gasteiger partial charge in [0.15, 0.2) is 5.96 Å². The first-order chi connectivity index (χ1) is 13.7. The largest absolute Gasteiger partial charge is 0.379 e. The van der Waals surface area contributed by atoms with Crippen molar-refractivity contribution in [1.29, 1.82) is 0 Å². The predicted octanol–water partition coefficient (Wildman–Crippen LogP) is 3.43. The Labute approximate surface area is 172 Å². The monoisotopic (exact) mass is 400 g/mol. The van der Waals surface area contributed by atoms with Gasteiger partial charge >= 0.3 is 0 Å². The Morgan fingerprint density at radius 3 is 2.57 bits per heavy atom. The molecule has 1 fully saturated rings. The zero-order chi connectivity index (χ0) is 19.6. The molecular formula is C22H29ClN4O. The van der Waals surface area contributed by atoms with E-state index >= 15 is 0 Å². The zero-order valence-corrected chi connectivity index (χ0v) is 17.2. The lowest BCUT2D eigenvalue weighted by molar-refractivity contribution is 0.0342. The number of nitrogens with one attached hydrogen (secondary N) is 2. The summed E-state index contributed by atoms with van der Waals surface area (Å²) in [6.45, 7) is 8.83. The van der Waals surface area contributed by atoms with Crippen LogP contribution in [-0.2, 0) is 24.4 Å². The van der Waals surface area contributed by atoms with Crippen molar-refractivity contribution < 1.29 is 4.74 Å². The molecular weight excluding hydrogens is 372 g/mol. The van der Waals surface area contributed by atoms with Crippen LogP contribution in [-0.4, -0.2) is 43.7 Å².